The number of thioether (sulfide) groups is 1. The Hall–Kier alpha value is -1.14. The van der Waals surface area contributed by atoms with Gasteiger partial charge in [-0.25, -0.2) is 4.99 Å². The molecule has 0 spiro atoms. The molecular formula is C13H21N3O2S. The quantitative estimate of drug-likeness (QED) is 0.559. The van der Waals surface area contributed by atoms with Crippen molar-refractivity contribution in [3.05, 3.63) is 24.2 Å². The van der Waals surface area contributed by atoms with E-state index in [-0.39, 0.29) is 0 Å². The first-order chi connectivity index (χ1) is 9.22. The van der Waals surface area contributed by atoms with Gasteiger partial charge in [0.05, 0.1) is 24.7 Å². The van der Waals surface area contributed by atoms with Gasteiger partial charge in [0, 0.05) is 24.4 Å². The van der Waals surface area contributed by atoms with E-state index in [2.05, 4.69) is 15.6 Å². The van der Waals surface area contributed by atoms with E-state index in [9.17, 15) is 5.11 Å². The minimum Gasteiger partial charge on any atom is -0.472 e. The van der Waals surface area contributed by atoms with Crippen LogP contribution in [0.5, 0.6) is 0 Å². The van der Waals surface area contributed by atoms with Crippen LogP contribution in [0.4, 0.5) is 0 Å². The normalized spacial score (nSPS) is 23.6. The second-order valence-electron chi connectivity index (χ2n) is 4.71. The van der Waals surface area contributed by atoms with Gasteiger partial charge >= 0.3 is 0 Å². The molecule has 3 N–H and O–H groups in total. The zero-order valence-electron chi connectivity index (χ0n) is 11.2. The van der Waals surface area contributed by atoms with Gasteiger partial charge in [-0.15, -0.1) is 0 Å². The van der Waals surface area contributed by atoms with E-state index >= 15 is 0 Å². The van der Waals surface area contributed by atoms with Crippen molar-refractivity contribution in [2.75, 3.05) is 24.6 Å². The minimum atomic E-state index is -0.601. The molecule has 1 aliphatic heterocycles. The van der Waals surface area contributed by atoms with Crippen LogP contribution in [0.3, 0.4) is 0 Å². The molecule has 2 rings (SSSR count). The highest BCUT2D eigenvalue weighted by atomic mass is 32.2. The number of rotatable bonds is 5. The van der Waals surface area contributed by atoms with Crippen LogP contribution >= 0.6 is 11.8 Å². The lowest BCUT2D eigenvalue weighted by Crippen LogP contribution is -2.47. The van der Waals surface area contributed by atoms with E-state index in [4.69, 9.17) is 4.42 Å². The number of furan rings is 1. The van der Waals surface area contributed by atoms with Crippen LogP contribution < -0.4 is 10.6 Å². The maximum atomic E-state index is 10.3. The second kappa shape index (κ2) is 6.86. The smallest absolute Gasteiger partial charge is 0.191 e. The fourth-order valence-electron chi connectivity index (χ4n) is 1.88. The number of aliphatic imine (C=N–C) groups is 1. The molecule has 1 unspecified atom stereocenters. The lowest BCUT2D eigenvalue weighted by molar-refractivity contribution is 0.0724. The van der Waals surface area contributed by atoms with Crippen LogP contribution in [0.1, 0.15) is 18.9 Å². The summed E-state index contributed by atoms with van der Waals surface area (Å²) in [4.78, 5) is 4.46. The molecule has 106 valence electrons. The van der Waals surface area contributed by atoms with Crippen molar-refractivity contribution in [3.8, 4) is 0 Å². The first-order valence-corrected chi connectivity index (χ1v) is 7.71. The monoisotopic (exact) mass is 283 g/mol. The third-order valence-electron chi connectivity index (χ3n) is 3.01. The van der Waals surface area contributed by atoms with Crippen molar-refractivity contribution in [2.24, 2.45) is 4.99 Å². The molecule has 1 fully saturated rings. The van der Waals surface area contributed by atoms with E-state index in [1.807, 2.05) is 13.0 Å². The van der Waals surface area contributed by atoms with E-state index in [1.54, 1.807) is 24.3 Å². The molecule has 0 aliphatic carbocycles. The molecule has 0 radical (unpaired) electrons. The molecule has 1 atom stereocenters. The summed E-state index contributed by atoms with van der Waals surface area (Å²) in [5.41, 5.74) is 0.434. The summed E-state index contributed by atoms with van der Waals surface area (Å²) < 4.78 is 5.01. The van der Waals surface area contributed by atoms with E-state index < -0.39 is 5.60 Å². The maximum absolute atomic E-state index is 10.3. The van der Waals surface area contributed by atoms with Crippen molar-refractivity contribution in [2.45, 2.75) is 25.5 Å². The Morgan fingerprint density at radius 2 is 2.47 bits per heavy atom. The Labute approximate surface area is 117 Å². The molecule has 0 saturated carbocycles. The van der Waals surface area contributed by atoms with Crippen molar-refractivity contribution >= 4 is 17.7 Å². The predicted molar refractivity (Wildman–Crippen MR) is 78.4 cm³/mol. The topological polar surface area (TPSA) is 69.8 Å². The van der Waals surface area contributed by atoms with E-state index in [0.29, 0.717) is 13.1 Å². The molecule has 6 heteroatoms. The van der Waals surface area contributed by atoms with Gasteiger partial charge in [-0.1, -0.05) is 0 Å². The number of nitrogens with zero attached hydrogens (tertiary/aromatic N) is 1. The van der Waals surface area contributed by atoms with Gasteiger partial charge in [0.15, 0.2) is 5.96 Å². The Morgan fingerprint density at radius 3 is 3.11 bits per heavy atom. The molecular weight excluding hydrogens is 262 g/mol. The van der Waals surface area contributed by atoms with E-state index in [0.717, 1.165) is 36.0 Å². The lowest BCUT2D eigenvalue weighted by Gasteiger charge is -2.23. The van der Waals surface area contributed by atoms with Gasteiger partial charge in [0.2, 0.25) is 0 Å². The molecule has 0 amide bonds. The Bertz CT molecular complexity index is 400. The Kier molecular flexibility index (Phi) is 5.15. The summed E-state index contributed by atoms with van der Waals surface area (Å²) in [7, 11) is 0. The van der Waals surface area contributed by atoms with Crippen LogP contribution in [0.25, 0.3) is 0 Å². The maximum Gasteiger partial charge on any atom is 0.191 e. The van der Waals surface area contributed by atoms with Gasteiger partial charge in [-0.3, -0.25) is 0 Å². The number of hydrogen-bond acceptors (Lipinski definition) is 4. The summed E-state index contributed by atoms with van der Waals surface area (Å²) in [5.74, 6) is 2.55. The summed E-state index contributed by atoms with van der Waals surface area (Å²) >= 11 is 1.79. The average Bonchev–Trinajstić information content (AvgIpc) is 3.05. The number of guanidine groups is 1. The van der Waals surface area contributed by atoms with Gasteiger partial charge in [0.1, 0.15) is 0 Å². The highest BCUT2D eigenvalue weighted by Crippen LogP contribution is 2.26. The summed E-state index contributed by atoms with van der Waals surface area (Å²) in [6.45, 7) is 3.93. The molecule has 2 heterocycles. The number of nitrogens with one attached hydrogen (secondary N) is 2. The molecule has 0 bridgehead atoms. The van der Waals surface area contributed by atoms with Gasteiger partial charge in [-0.05, 0) is 25.2 Å². The van der Waals surface area contributed by atoms with Gasteiger partial charge in [0.25, 0.3) is 0 Å². The van der Waals surface area contributed by atoms with Crippen molar-refractivity contribution in [3.63, 3.8) is 0 Å². The molecule has 5 nitrogen and oxygen atoms in total. The summed E-state index contributed by atoms with van der Waals surface area (Å²) in [6, 6.07) is 1.90. The third-order valence-corrected chi connectivity index (χ3v) is 4.25. The highest BCUT2D eigenvalue weighted by Gasteiger charge is 2.31. The average molecular weight is 283 g/mol. The molecule has 0 aromatic carbocycles. The highest BCUT2D eigenvalue weighted by molar-refractivity contribution is 7.99. The molecule has 1 aromatic rings. The van der Waals surface area contributed by atoms with Crippen molar-refractivity contribution < 1.29 is 9.52 Å². The van der Waals surface area contributed by atoms with Gasteiger partial charge in [-0.2, -0.15) is 11.8 Å². The fourth-order valence-corrected chi connectivity index (χ4v) is 3.17. The third kappa shape index (κ3) is 4.47. The molecule has 1 aliphatic rings. The number of hydrogen-bond donors (Lipinski definition) is 3. The van der Waals surface area contributed by atoms with Crippen LogP contribution in [0.15, 0.2) is 28.0 Å². The zero-order chi connectivity index (χ0) is 13.6. The van der Waals surface area contributed by atoms with Crippen LogP contribution in [-0.2, 0) is 6.54 Å². The van der Waals surface area contributed by atoms with Gasteiger partial charge < -0.3 is 20.2 Å². The fraction of sp³-hybridized carbons (Fsp3) is 0.615. The first kappa shape index (κ1) is 14.3. The van der Waals surface area contributed by atoms with E-state index in [1.165, 1.54) is 0 Å². The summed E-state index contributed by atoms with van der Waals surface area (Å²) in [6.07, 6.45) is 4.17. The minimum absolute atomic E-state index is 0.539. The molecule has 19 heavy (non-hydrogen) atoms. The number of aliphatic hydroxyl groups is 1. The summed E-state index contributed by atoms with van der Waals surface area (Å²) in [5, 5.41) is 16.7. The first-order valence-electron chi connectivity index (χ1n) is 6.55. The standard InChI is InChI=1S/C13H21N3O2S/c1-2-14-12(15-7-11-3-5-18-8-11)16-9-13(17)4-6-19-10-13/h3,5,8,17H,2,4,6-7,9-10H2,1H3,(H2,14,15,16). The Balaban J connectivity index is 1.86. The lowest BCUT2D eigenvalue weighted by atomic mass is 10.0. The predicted octanol–water partition coefficient (Wildman–Crippen LogP) is 1.20. The Morgan fingerprint density at radius 1 is 1.58 bits per heavy atom. The molecule has 1 aromatic heterocycles. The SMILES string of the molecule is CCNC(=NCc1ccoc1)NCC1(O)CCSC1. The largest absolute Gasteiger partial charge is 0.472 e. The molecule has 1 saturated heterocycles. The van der Waals surface area contributed by atoms with Crippen molar-refractivity contribution in [1.29, 1.82) is 0 Å². The van der Waals surface area contributed by atoms with Crippen molar-refractivity contribution in [1.82, 2.24) is 10.6 Å². The second-order valence-corrected chi connectivity index (χ2v) is 5.81. The van der Waals surface area contributed by atoms with Crippen LogP contribution in [-0.4, -0.2) is 41.3 Å². The van der Waals surface area contributed by atoms with Crippen LogP contribution in [0, 0.1) is 0 Å². The van der Waals surface area contributed by atoms with Crippen LogP contribution in [0.2, 0.25) is 0 Å². The zero-order valence-corrected chi connectivity index (χ0v) is 12.0.